The van der Waals surface area contributed by atoms with Crippen LogP contribution in [0.3, 0.4) is 0 Å². The fourth-order valence-electron chi connectivity index (χ4n) is 1.80. The molecule has 0 fully saturated rings. The average Bonchev–Trinajstić information content (AvgIpc) is 2.50. The van der Waals surface area contributed by atoms with Gasteiger partial charge in [-0.25, -0.2) is 13.2 Å². The van der Waals surface area contributed by atoms with E-state index < -0.39 is 35.2 Å². The Labute approximate surface area is 139 Å². The topological polar surface area (TPSA) is 38.3 Å². The molecule has 122 valence electrons. The molecular formula is C16H13BrF3NO2. The number of rotatable bonds is 4. The molecule has 7 heteroatoms. The Bertz CT molecular complexity index is 752. The Hall–Kier alpha value is -2.02. The van der Waals surface area contributed by atoms with Gasteiger partial charge in [-0.3, -0.25) is 4.79 Å². The van der Waals surface area contributed by atoms with Crippen molar-refractivity contribution in [2.45, 2.75) is 20.0 Å². The number of aryl methyl sites for hydroxylation is 1. The molecule has 0 aliphatic heterocycles. The Kier molecular flexibility index (Phi) is 5.30. The van der Waals surface area contributed by atoms with Gasteiger partial charge < -0.3 is 10.1 Å². The zero-order valence-corrected chi connectivity index (χ0v) is 13.9. The molecule has 2 rings (SSSR count). The fourth-order valence-corrected chi connectivity index (χ4v) is 2.39. The van der Waals surface area contributed by atoms with Crippen LogP contribution in [0.15, 0.2) is 34.8 Å². The van der Waals surface area contributed by atoms with E-state index in [1.165, 1.54) is 6.92 Å². The van der Waals surface area contributed by atoms with E-state index in [2.05, 4.69) is 21.2 Å². The first-order valence-corrected chi connectivity index (χ1v) is 7.46. The van der Waals surface area contributed by atoms with Gasteiger partial charge in [-0.05, 0) is 59.6 Å². The molecule has 1 N–H and O–H groups in total. The van der Waals surface area contributed by atoms with Crippen LogP contribution in [0.5, 0.6) is 5.75 Å². The van der Waals surface area contributed by atoms with Crippen LogP contribution in [0.4, 0.5) is 18.9 Å². The third-order valence-electron chi connectivity index (χ3n) is 3.05. The molecule has 0 bridgehead atoms. The van der Waals surface area contributed by atoms with Gasteiger partial charge in [-0.15, -0.1) is 0 Å². The van der Waals surface area contributed by atoms with Gasteiger partial charge >= 0.3 is 0 Å². The number of nitrogens with one attached hydrogen (secondary N) is 1. The number of carbonyl (C=O) groups is 1. The van der Waals surface area contributed by atoms with Gasteiger partial charge in [0.2, 0.25) is 0 Å². The van der Waals surface area contributed by atoms with Gasteiger partial charge in [-0.1, -0.05) is 6.07 Å². The first kappa shape index (κ1) is 17.3. The number of anilines is 1. The van der Waals surface area contributed by atoms with Crippen molar-refractivity contribution in [1.82, 2.24) is 0 Å². The summed E-state index contributed by atoms with van der Waals surface area (Å²) >= 11 is 3.31. The Morgan fingerprint density at radius 2 is 1.87 bits per heavy atom. The van der Waals surface area contributed by atoms with Crippen molar-refractivity contribution >= 4 is 27.5 Å². The summed E-state index contributed by atoms with van der Waals surface area (Å²) in [5.74, 6) is -4.68. The molecule has 0 spiro atoms. The quantitative estimate of drug-likeness (QED) is 0.779. The molecule has 1 unspecified atom stereocenters. The molecule has 23 heavy (non-hydrogen) atoms. The van der Waals surface area contributed by atoms with Gasteiger partial charge in [0, 0.05) is 0 Å². The first-order chi connectivity index (χ1) is 10.8. The summed E-state index contributed by atoms with van der Waals surface area (Å²) in [4.78, 5) is 12.0. The van der Waals surface area contributed by atoms with Crippen LogP contribution in [0, 0.1) is 24.4 Å². The zero-order chi connectivity index (χ0) is 17.1. The van der Waals surface area contributed by atoms with E-state index in [0.29, 0.717) is 10.2 Å². The first-order valence-electron chi connectivity index (χ1n) is 6.66. The number of ether oxygens (including phenoxy) is 1. The van der Waals surface area contributed by atoms with Crippen LogP contribution in [0.1, 0.15) is 12.5 Å². The average molecular weight is 388 g/mol. The van der Waals surface area contributed by atoms with Crippen molar-refractivity contribution in [2.75, 3.05) is 5.32 Å². The summed E-state index contributed by atoms with van der Waals surface area (Å²) < 4.78 is 45.7. The molecule has 0 radical (unpaired) electrons. The molecule has 0 heterocycles. The normalized spacial score (nSPS) is 11.9. The van der Waals surface area contributed by atoms with Crippen molar-refractivity contribution in [3.63, 3.8) is 0 Å². The lowest BCUT2D eigenvalue weighted by Crippen LogP contribution is -2.30. The molecule has 1 atom stereocenters. The molecule has 0 aliphatic rings. The summed E-state index contributed by atoms with van der Waals surface area (Å²) in [6.07, 6.45) is -0.971. The summed E-state index contributed by atoms with van der Waals surface area (Å²) in [7, 11) is 0. The summed E-state index contributed by atoms with van der Waals surface area (Å²) in [6.45, 7) is 3.36. The van der Waals surface area contributed by atoms with E-state index in [-0.39, 0.29) is 0 Å². The van der Waals surface area contributed by atoms with Crippen molar-refractivity contribution < 1.29 is 22.7 Å². The highest BCUT2D eigenvalue weighted by atomic mass is 79.9. The Balaban J connectivity index is 2.10. The van der Waals surface area contributed by atoms with Crippen LogP contribution >= 0.6 is 15.9 Å². The lowest BCUT2D eigenvalue weighted by atomic mass is 10.2. The Morgan fingerprint density at radius 3 is 2.52 bits per heavy atom. The second-order valence-electron chi connectivity index (χ2n) is 4.91. The monoisotopic (exact) mass is 387 g/mol. The number of carbonyl (C=O) groups excluding carboxylic acids is 1. The van der Waals surface area contributed by atoms with E-state index in [4.69, 9.17) is 4.74 Å². The molecule has 1 amide bonds. The van der Waals surface area contributed by atoms with Gasteiger partial charge in [0.1, 0.15) is 5.75 Å². The molecular weight excluding hydrogens is 375 g/mol. The number of amides is 1. The standard InChI is InChI=1S/C16H13BrF3NO2/c1-8-3-6-13(10(17)7-8)23-9(2)16(22)21-12-5-4-11(18)14(19)15(12)20/h3-7,9H,1-2H3,(H,21,22). The molecule has 0 saturated heterocycles. The van der Waals surface area contributed by atoms with Gasteiger partial charge in [0.25, 0.3) is 5.91 Å². The molecule has 0 saturated carbocycles. The maximum Gasteiger partial charge on any atom is 0.265 e. The van der Waals surface area contributed by atoms with Crippen LogP contribution in [0.2, 0.25) is 0 Å². The van der Waals surface area contributed by atoms with Crippen LogP contribution in [-0.2, 0) is 4.79 Å². The number of benzene rings is 2. The third-order valence-corrected chi connectivity index (χ3v) is 3.67. The van der Waals surface area contributed by atoms with E-state index in [9.17, 15) is 18.0 Å². The highest BCUT2D eigenvalue weighted by molar-refractivity contribution is 9.10. The van der Waals surface area contributed by atoms with Crippen molar-refractivity contribution in [3.05, 3.63) is 57.8 Å². The minimum atomic E-state index is -1.64. The van der Waals surface area contributed by atoms with E-state index >= 15 is 0 Å². The predicted molar refractivity (Wildman–Crippen MR) is 83.9 cm³/mol. The lowest BCUT2D eigenvalue weighted by Gasteiger charge is -2.16. The maximum absolute atomic E-state index is 13.5. The number of hydrogen-bond donors (Lipinski definition) is 1. The van der Waals surface area contributed by atoms with Crippen LogP contribution < -0.4 is 10.1 Å². The van der Waals surface area contributed by atoms with Crippen molar-refractivity contribution in [1.29, 1.82) is 0 Å². The molecule has 0 aromatic heterocycles. The van der Waals surface area contributed by atoms with Gasteiger partial charge in [0.05, 0.1) is 10.2 Å². The Morgan fingerprint density at radius 1 is 1.17 bits per heavy atom. The highest BCUT2D eigenvalue weighted by Gasteiger charge is 2.20. The SMILES string of the molecule is Cc1ccc(OC(C)C(=O)Nc2ccc(F)c(F)c2F)c(Br)c1. The second kappa shape index (κ2) is 7.04. The van der Waals surface area contributed by atoms with Crippen molar-refractivity contribution in [2.24, 2.45) is 0 Å². The van der Waals surface area contributed by atoms with Crippen molar-refractivity contribution in [3.8, 4) is 5.75 Å². The summed E-state index contributed by atoms with van der Waals surface area (Å²) in [6, 6.07) is 6.98. The van der Waals surface area contributed by atoms with Gasteiger partial charge in [0.15, 0.2) is 23.6 Å². The van der Waals surface area contributed by atoms with E-state index in [1.807, 2.05) is 13.0 Å². The van der Waals surface area contributed by atoms with E-state index in [1.54, 1.807) is 12.1 Å². The second-order valence-corrected chi connectivity index (χ2v) is 5.76. The van der Waals surface area contributed by atoms with Gasteiger partial charge in [-0.2, -0.15) is 0 Å². The molecule has 0 aliphatic carbocycles. The smallest absolute Gasteiger partial charge is 0.265 e. The number of halogens is 4. The number of hydrogen-bond acceptors (Lipinski definition) is 2. The minimum absolute atomic E-state index is 0.434. The zero-order valence-electron chi connectivity index (χ0n) is 12.3. The lowest BCUT2D eigenvalue weighted by molar-refractivity contribution is -0.122. The van der Waals surface area contributed by atoms with Crippen LogP contribution in [0.25, 0.3) is 0 Å². The van der Waals surface area contributed by atoms with E-state index in [0.717, 1.165) is 17.7 Å². The largest absolute Gasteiger partial charge is 0.480 e. The summed E-state index contributed by atoms with van der Waals surface area (Å²) in [5.41, 5.74) is 0.553. The van der Waals surface area contributed by atoms with Crippen LogP contribution in [-0.4, -0.2) is 12.0 Å². The molecule has 2 aromatic carbocycles. The molecule has 2 aromatic rings. The fraction of sp³-hybridized carbons (Fsp3) is 0.188. The summed E-state index contributed by atoms with van der Waals surface area (Å²) in [5, 5.41) is 2.17. The predicted octanol–water partition coefficient (Wildman–Crippen LogP) is 4.58. The highest BCUT2D eigenvalue weighted by Crippen LogP contribution is 2.27. The third kappa shape index (κ3) is 4.04. The maximum atomic E-state index is 13.5. The minimum Gasteiger partial charge on any atom is -0.480 e. The molecule has 3 nitrogen and oxygen atoms in total.